The van der Waals surface area contributed by atoms with E-state index < -0.39 is 42.5 Å². The number of aromatic nitrogens is 7. The van der Waals surface area contributed by atoms with Gasteiger partial charge >= 0.3 is 12.5 Å². The third kappa shape index (κ3) is 8.00. The van der Waals surface area contributed by atoms with Crippen LogP contribution in [0, 0.1) is 6.92 Å². The SMILES string of the molecule is Cc1cc(Cl)cc(C(=O)NCc2ccccc2OC(F)(F)F)c1NC(=O)c1cc(Cn2nnc(C(F)(F)F)n2)nn1-c1ncccc1Cl. The van der Waals surface area contributed by atoms with Crippen LogP contribution in [0.2, 0.25) is 10.0 Å². The minimum atomic E-state index is -4.97. The van der Waals surface area contributed by atoms with Gasteiger partial charge in [0.1, 0.15) is 18.0 Å². The van der Waals surface area contributed by atoms with Crippen LogP contribution in [0.4, 0.5) is 32.0 Å². The number of carbonyl (C=O) groups is 2. The van der Waals surface area contributed by atoms with Crippen LogP contribution >= 0.6 is 23.2 Å². The second-order valence-electron chi connectivity index (χ2n) is 9.82. The van der Waals surface area contributed by atoms with Gasteiger partial charge in [0, 0.05) is 23.3 Å². The Morgan fingerprint density at radius 3 is 2.40 bits per heavy atom. The van der Waals surface area contributed by atoms with Crippen molar-refractivity contribution in [2.45, 2.75) is 32.6 Å². The zero-order chi connectivity index (χ0) is 34.8. The van der Waals surface area contributed by atoms with Gasteiger partial charge in [-0.3, -0.25) is 9.59 Å². The molecule has 0 atom stereocenters. The first-order valence-electron chi connectivity index (χ1n) is 13.4. The summed E-state index contributed by atoms with van der Waals surface area (Å²) in [5, 5.41) is 19.2. The van der Waals surface area contributed by atoms with E-state index in [2.05, 4.69) is 40.9 Å². The van der Waals surface area contributed by atoms with Crippen molar-refractivity contribution in [3.63, 3.8) is 0 Å². The highest BCUT2D eigenvalue weighted by Crippen LogP contribution is 2.30. The van der Waals surface area contributed by atoms with Crippen molar-refractivity contribution in [1.82, 2.24) is 40.3 Å². The Bertz CT molecular complexity index is 2000. The van der Waals surface area contributed by atoms with Gasteiger partial charge in [0.25, 0.3) is 17.6 Å². The topological polar surface area (TPSA) is 142 Å². The summed E-state index contributed by atoms with van der Waals surface area (Å²) in [6, 6.07) is 12.1. The summed E-state index contributed by atoms with van der Waals surface area (Å²) < 4.78 is 82.6. The number of carbonyl (C=O) groups excluding carboxylic acids is 2. The summed E-state index contributed by atoms with van der Waals surface area (Å²) in [6.07, 6.45) is -8.45. The summed E-state index contributed by atoms with van der Waals surface area (Å²) in [6.45, 7) is 0.719. The molecular weight excluding hydrogens is 695 g/mol. The Hall–Kier alpha value is -5.23. The fourth-order valence-electron chi connectivity index (χ4n) is 4.34. The molecule has 5 rings (SSSR count). The van der Waals surface area contributed by atoms with Gasteiger partial charge in [-0.1, -0.05) is 41.4 Å². The molecule has 0 bridgehead atoms. The summed E-state index contributed by atoms with van der Waals surface area (Å²) in [7, 11) is 0. The average molecular weight is 714 g/mol. The van der Waals surface area contributed by atoms with Crippen LogP contribution in [-0.4, -0.2) is 53.1 Å². The molecular formula is C28H19Cl2F6N9O3. The summed E-state index contributed by atoms with van der Waals surface area (Å²) in [4.78, 5) is 31.9. The van der Waals surface area contributed by atoms with Gasteiger partial charge in [0.15, 0.2) is 5.82 Å². The van der Waals surface area contributed by atoms with Gasteiger partial charge in [0.2, 0.25) is 0 Å². The molecule has 0 radical (unpaired) electrons. The van der Waals surface area contributed by atoms with E-state index in [1.54, 1.807) is 0 Å². The number of alkyl halides is 6. The highest BCUT2D eigenvalue weighted by molar-refractivity contribution is 6.32. The van der Waals surface area contributed by atoms with E-state index in [9.17, 15) is 35.9 Å². The second kappa shape index (κ2) is 13.5. The number of anilines is 1. The predicted molar refractivity (Wildman–Crippen MR) is 157 cm³/mol. The lowest BCUT2D eigenvalue weighted by atomic mass is 10.1. The van der Waals surface area contributed by atoms with Crippen molar-refractivity contribution in [3.8, 4) is 11.6 Å². The molecule has 3 heterocycles. The van der Waals surface area contributed by atoms with E-state index in [0.29, 0.717) is 10.4 Å². The highest BCUT2D eigenvalue weighted by atomic mass is 35.5. The maximum absolute atomic E-state index is 13.8. The monoisotopic (exact) mass is 713 g/mol. The van der Waals surface area contributed by atoms with Crippen LogP contribution in [0.25, 0.3) is 5.82 Å². The molecule has 250 valence electrons. The van der Waals surface area contributed by atoms with Crippen LogP contribution in [0.15, 0.2) is 60.8 Å². The Morgan fingerprint density at radius 2 is 1.71 bits per heavy atom. The van der Waals surface area contributed by atoms with Crippen molar-refractivity contribution in [3.05, 3.63) is 105 Å². The largest absolute Gasteiger partial charge is 0.573 e. The van der Waals surface area contributed by atoms with Crippen molar-refractivity contribution in [1.29, 1.82) is 0 Å². The first kappa shape index (κ1) is 34.1. The van der Waals surface area contributed by atoms with E-state index in [-0.39, 0.29) is 50.6 Å². The fraction of sp³-hybridized carbons (Fsp3) is 0.179. The zero-order valence-corrected chi connectivity index (χ0v) is 25.6. The first-order chi connectivity index (χ1) is 22.6. The number of halogens is 8. The number of nitrogens with one attached hydrogen (secondary N) is 2. The number of hydrogen-bond donors (Lipinski definition) is 2. The fourth-order valence-corrected chi connectivity index (χ4v) is 4.82. The number of amides is 2. The molecule has 2 N–H and O–H groups in total. The molecule has 0 aliphatic rings. The minimum absolute atomic E-state index is 0.0105. The average Bonchev–Trinajstić information content (AvgIpc) is 3.65. The van der Waals surface area contributed by atoms with Gasteiger partial charge in [-0.2, -0.15) is 23.1 Å². The van der Waals surface area contributed by atoms with E-state index >= 15 is 0 Å². The van der Waals surface area contributed by atoms with Gasteiger partial charge < -0.3 is 15.4 Å². The molecule has 0 aliphatic heterocycles. The Labute approximate surface area is 275 Å². The number of tetrazole rings is 1. The molecule has 0 saturated carbocycles. The molecule has 20 heteroatoms. The summed E-state index contributed by atoms with van der Waals surface area (Å²) in [5.41, 5.74) is -0.0118. The Balaban J connectivity index is 1.45. The van der Waals surface area contributed by atoms with Crippen LogP contribution in [0.1, 0.15) is 43.5 Å². The van der Waals surface area contributed by atoms with Crippen molar-refractivity contribution >= 4 is 40.7 Å². The molecule has 0 aliphatic carbocycles. The lowest BCUT2D eigenvalue weighted by molar-refractivity contribution is -0.274. The van der Waals surface area contributed by atoms with E-state index in [4.69, 9.17) is 23.2 Å². The molecule has 12 nitrogen and oxygen atoms in total. The molecule has 0 spiro atoms. The number of pyridine rings is 1. The highest BCUT2D eigenvalue weighted by Gasteiger charge is 2.37. The molecule has 2 amide bonds. The Morgan fingerprint density at radius 1 is 0.958 bits per heavy atom. The first-order valence-corrected chi connectivity index (χ1v) is 14.1. The van der Waals surface area contributed by atoms with E-state index in [0.717, 1.165) is 10.7 Å². The third-order valence-electron chi connectivity index (χ3n) is 6.36. The smallest absolute Gasteiger partial charge is 0.405 e. The van der Waals surface area contributed by atoms with Crippen LogP contribution in [0.5, 0.6) is 5.75 Å². The lowest BCUT2D eigenvalue weighted by Crippen LogP contribution is -2.27. The zero-order valence-electron chi connectivity index (χ0n) is 24.1. The molecule has 2 aromatic carbocycles. The van der Waals surface area contributed by atoms with Crippen LogP contribution in [0.3, 0.4) is 0 Å². The molecule has 0 fully saturated rings. The number of ether oxygens (including phenoxy) is 1. The third-order valence-corrected chi connectivity index (χ3v) is 6.88. The van der Waals surface area contributed by atoms with Crippen LogP contribution in [-0.2, 0) is 19.3 Å². The van der Waals surface area contributed by atoms with Crippen molar-refractivity contribution in [2.75, 3.05) is 5.32 Å². The summed E-state index contributed by atoms with van der Waals surface area (Å²) >= 11 is 12.5. The standard InChI is InChI=1S/C28H19Cl2F6N9O3/c1-14-9-16(29)10-18(24(46)38-12-15-5-2-3-7-21(15)48-28(34,35)36)22(14)39-25(47)20-11-17(13-44-42-26(40-43-44)27(31,32)33)41-45(20)23-19(30)6-4-8-37-23/h2-11H,12-13H2,1H3,(H,38,46)(H,39,47). The number of para-hydroxylation sites is 1. The van der Waals surface area contributed by atoms with E-state index in [1.807, 2.05) is 0 Å². The maximum Gasteiger partial charge on any atom is 0.573 e. The number of aryl methyl sites for hydroxylation is 1. The number of nitrogens with zero attached hydrogens (tertiary/aromatic N) is 7. The minimum Gasteiger partial charge on any atom is -0.405 e. The summed E-state index contributed by atoms with van der Waals surface area (Å²) in [5.74, 6) is -3.68. The number of rotatable bonds is 9. The van der Waals surface area contributed by atoms with Crippen molar-refractivity contribution < 1.29 is 40.7 Å². The predicted octanol–water partition coefficient (Wildman–Crippen LogP) is 6.02. The molecule has 0 unspecified atom stereocenters. The molecule has 5 aromatic rings. The van der Waals surface area contributed by atoms with E-state index in [1.165, 1.54) is 61.7 Å². The van der Waals surface area contributed by atoms with Gasteiger partial charge in [-0.15, -0.1) is 23.4 Å². The quantitative estimate of drug-likeness (QED) is 0.177. The lowest BCUT2D eigenvalue weighted by Gasteiger charge is -2.16. The molecule has 48 heavy (non-hydrogen) atoms. The second-order valence-corrected chi connectivity index (χ2v) is 10.7. The normalized spacial score (nSPS) is 11.8. The number of benzene rings is 2. The Kier molecular flexibility index (Phi) is 9.58. The van der Waals surface area contributed by atoms with Gasteiger partial charge in [0.05, 0.1) is 22.0 Å². The van der Waals surface area contributed by atoms with Gasteiger partial charge in [-0.05, 0) is 54.1 Å². The molecule has 0 saturated heterocycles. The number of hydrogen-bond acceptors (Lipinski definition) is 8. The molecule has 3 aromatic heterocycles. The van der Waals surface area contributed by atoms with Gasteiger partial charge in [-0.25, -0.2) is 9.67 Å². The maximum atomic E-state index is 13.8. The van der Waals surface area contributed by atoms with Crippen LogP contribution < -0.4 is 15.4 Å². The van der Waals surface area contributed by atoms with Crippen molar-refractivity contribution in [2.24, 2.45) is 0 Å².